The van der Waals surface area contributed by atoms with Gasteiger partial charge in [-0.2, -0.15) is 0 Å². The maximum absolute atomic E-state index is 12.0. The molecule has 0 spiro atoms. The highest BCUT2D eigenvalue weighted by molar-refractivity contribution is 5.91. The summed E-state index contributed by atoms with van der Waals surface area (Å²) in [5, 5.41) is 13.8. The van der Waals surface area contributed by atoms with Gasteiger partial charge in [0.15, 0.2) is 0 Å². The Hall–Kier alpha value is -2.41. The standard InChI is InChI=1S/C15H21N3O4/c1-9(11-6-4-3-5-7-11)17-14(21)10(2)18-15(22)12(16)8-13(19)20/h3-7,9-10,12H,8,16H2,1-2H3,(H,17,21)(H,18,22)(H,19,20)/t9-,10+,12-/m0/s1. The van der Waals surface area contributed by atoms with Crippen molar-refractivity contribution < 1.29 is 19.5 Å². The van der Waals surface area contributed by atoms with Gasteiger partial charge in [-0.1, -0.05) is 30.3 Å². The highest BCUT2D eigenvalue weighted by Gasteiger charge is 2.22. The summed E-state index contributed by atoms with van der Waals surface area (Å²) in [7, 11) is 0. The molecule has 1 aromatic carbocycles. The van der Waals surface area contributed by atoms with Gasteiger partial charge in [-0.25, -0.2) is 0 Å². The van der Waals surface area contributed by atoms with Gasteiger partial charge in [0, 0.05) is 0 Å². The number of aliphatic carboxylic acids is 1. The quantitative estimate of drug-likeness (QED) is 0.572. The predicted octanol–water partition coefficient (Wildman–Crippen LogP) is 0.171. The molecule has 5 N–H and O–H groups in total. The highest BCUT2D eigenvalue weighted by atomic mass is 16.4. The first-order valence-electron chi connectivity index (χ1n) is 6.94. The molecule has 7 heteroatoms. The molecule has 2 amide bonds. The fourth-order valence-electron chi connectivity index (χ4n) is 1.83. The lowest BCUT2D eigenvalue weighted by Gasteiger charge is -2.20. The van der Waals surface area contributed by atoms with Gasteiger partial charge in [-0.15, -0.1) is 0 Å². The Kier molecular flexibility index (Phi) is 6.52. The number of benzene rings is 1. The van der Waals surface area contributed by atoms with E-state index in [-0.39, 0.29) is 11.9 Å². The Morgan fingerprint density at radius 1 is 1.09 bits per heavy atom. The van der Waals surface area contributed by atoms with Gasteiger partial charge < -0.3 is 21.5 Å². The minimum Gasteiger partial charge on any atom is -0.481 e. The third-order valence-electron chi connectivity index (χ3n) is 3.14. The number of hydrogen-bond acceptors (Lipinski definition) is 4. The van der Waals surface area contributed by atoms with E-state index in [2.05, 4.69) is 10.6 Å². The molecule has 0 aliphatic heterocycles. The summed E-state index contributed by atoms with van der Waals surface area (Å²) < 4.78 is 0. The number of amides is 2. The molecule has 0 unspecified atom stereocenters. The fourth-order valence-corrected chi connectivity index (χ4v) is 1.83. The first kappa shape index (κ1) is 17.6. The van der Waals surface area contributed by atoms with Crippen LogP contribution in [0.4, 0.5) is 0 Å². The van der Waals surface area contributed by atoms with Crippen LogP contribution in [0, 0.1) is 0 Å². The van der Waals surface area contributed by atoms with Crippen LogP contribution in [0.25, 0.3) is 0 Å². The molecule has 0 aliphatic carbocycles. The van der Waals surface area contributed by atoms with Crippen molar-refractivity contribution >= 4 is 17.8 Å². The zero-order valence-corrected chi connectivity index (χ0v) is 12.6. The monoisotopic (exact) mass is 307 g/mol. The van der Waals surface area contributed by atoms with Crippen LogP contribution < -0.4 is 16.4 Å². The second-order valence-corrected chi connectivity index (χ2v) is 5.08. The van der Waals surface area contributed by atoms with Crippen LogP contribution in [-0.4, -0.2) is 35.0 Å². The number of rotatable bonds is 7. The Balaban J connectivity index is 2.51. The maximum Gasteiger partial charge on any atom is 0.305 e. The molecule has 0 aromatic heterocycles. The predicted molar refractivity (Wildman–Crippen MR) is 80.8 cm³/mol. The summed E-state index contributed by atoms with van der Waals surface area (Å²) in [6.07, 6.45) is -0.486. The third kappa shape index (κ3) is 5.53. The number of hydrogen-bond donors (Lipinski definition) is 4. The van der Waals surface area contributed by atoms with E-state index in [4.69, 9.17) is 10.8 Å². The minimum atomic E-state index is -1.18. The molecule has 0 saturated heterocycles. The number of carboxylic acid groups (broad SMARTS) is 1. The van der Waals surface area contributed by atoms with Gasteiger partial charge in [0.1, 0.15) is 6.04 Å². The van der Waals surface area contributed by atoms with Crippen LogP contribution >= 0.6 is 0 Å². The molecule has 0 fully saturated rings. The number of carbonyl (C=O) groups excluding carboxylic acids is 2. The molecule has 0 bridgehead atoms. The van der Waals surface area contributed by atoms with Crippen molar-refractivity contribution in [2.24, 2.45) is 5.73 Å². The second-order valence-electron chi connectivity index (χ2n) is 5.08. The normalized spacial score (nSPS) is 14.5. The number of nitrogens with two attached hydrogens (primary N) is 1. The van der Waals surface area contributed by atoms with Crippen LogP contribution in [-0.2, 0) is 14.4 Å². The van der Waals surface area contributed by atoms with E-state index in [9.17, 15) is 14.4 Å². The van der Waals surface area contributed by atoms with E-state index < -0.39 is 30.4 Å². The lowest BCUT2D eigenvalue weighted by molar-refractivity contribution is -0.139. The van der Waals surface area contributed by atoms with Gasteiger partial charge in [-0.3, -0.25) is 14.4 Å². The molecule has 1 rings (SSSR count). The molecular formula is C15H21N3O4. The molecular weight excluding hydrogens is 286 g/mol. The first-order valence-corrected chi connectivity index (χ1v) is 6.94. The van der Waals surface area contributed by atoms with E-state index in [1.807, 2.05) is 37.3 Å². The number of carboxylic acids is 1. The smallest absolute Gasteiger partial charge is 0.305 e. The summed E-state index contributed by atoms with van der Waals surface area (Å²) in [5.74, 6) is -2.21. The second kappa shape index (κ2) is 8.14. The van der Waals surface area contributed by atoms with Gasteiger partial charge in [-0.05, 0) is 19.4 Å². The average molecular weight is 307 g/mol. The van der Waals surface area contributed by atoms with Crippen LogP contribution in [0.5, 0.6) is 0 Å². The van der Waals surface area contributed by atoms with Crippen molar-refractivity contribution in [2.45, 2.75) is 38.4 Å². The Bertz CT molecular complexity index is 533. The Labute approximate surface area is 128 Å². The summed E-state index contributed by atoms with van der Waals surface area (Å²) in [4.78, 5) is 34.2. The molecule has 7 nitrogen and oxygen atoms in total. The molecule has 0 aliphatic rings. The van der Waals surface area contributed by atoms with Gasteiger partial charge in [0.05, 0.1) is 18.5 Å². The van der Waals surface area contributed by atoms with Crippen molar-refractivity contribution in [1.82, 2.24) is 10.6 Å². The van der Waals surface area contributed by atoms with Gasteiger partial charge in [0.2, 0.25) is 11.8 Å². The van der Waals surface area contributed by atoms with E-state index in [0.29, 0.717) is 0 Å². The van der Waals surface area contributed by atoms with E-state index >= 15 is 0 Å². The summed E-state index contributed by atoms with van der Waals surface area (Å²) in [6, 6.07) is 7.19. The fraction of sp³-hybridized carbons (Fsp3) is 0.400. The number of nitrogens with one attached hydrogen (secondary N) is 2. The van der Waals surface area contributed by atoms with Gasteiger partial charge in [0.25, 0.3) is 0 Å². The van der Waals surface area contributed by atoms with E-state index in [1.165, 1.54) is 6.92 Å². The van der Waals surface area contributed by atoms with Crippen LogP contribution in [0.1, 0.15) is 31.9 Å². The van der Waals surface area contributed by atoms with Crippen molar-refractivity contribution in [2.75, 3.05) is 0 Å². The molecule has 3 atom stereocenters. The first-order chi connectivity index (χ1) is 10.3. The topological polar surface area (TPSA) is 122 Å². The summed E-state index contributed by atoms with van der Waals surface area (Å²) in [5.41, 5.74) is 6.38. The molecule has 0 saturated carbocycles. The van der Waals surface area contributed by atoms with Crippen LogP contribution in [0.15, 0.2) is 30.3 Å². The van der Waals surface area contributed by atoms with Gasteiger partial charge >= 0.3 is 5.97 Å². The molecule has 0 radical (unpaired) electrons. The SMILES string of the molecule is C[C@H](NC(=O)[C@@H](C)NC(=O)[C@@H](N)CC(=O)O)c1ccccc1. The average Bonchev–Trinajstić information content (AvgIpc) is 2.47. The lowest BCUT2D eigenvalue weighted by Crippen LogP contribution is -2.51. The zero-order chi connectivity index (χ0) is 16.7. The van der Waals surface area contributed by atoms with Crippen molar-refractivity contribution in [3.05, 3.63) is 35.9 Å². The molecule has 120 valence electrons. The Morgan fingerprint density at radius 2 is 1.68 bits per heavy atom. The summed E-state index contributed by atoms with van der Waals surface area (Å²) in [6.45, 7) is 3.34. The van der Waals surface area contributed by atoms with Crippen molar-refractivity contribution in [3.63, 3.8) is 0 Å². The molecule has 22 heavy (non-hydrogen) atoms. The highest BCUT2D eigenvalue weighted by Crippen LogP contribution is 2.11. The Morgan fingerprint density at radius 3 is 2.23 bits per heavy atom. The minimum absolute atomic E-state index is 0.208. The zero-order valence-electron chi connectivity index (χ0n) is 12.6. The third-order valence-corrected chi connectivity index (χ3v) is 3.14. The molecule has 1 aromatic rings. The van der Waals surface area contributed by atoms with Crippen LogP contribution in [0.3, 0.4) is 0 Å². The molecule has 0 heterocycles. The van der Waals surface area contributed by atoms with E-state index in [0.717, 1.165) is 5.56 Å². The lowest BCUT2D eigenvalue weighted by atomic mass is 10.1. The number of carbonyl (C=O) groups is 3. The summed E-state index contributed by atoms with van der Waals surface area (Å²) >= 11 is 0. The van der Waals surface area contributed by atoms with E-state index in [1.54, 1.807) is 0 Å². The van der Waals surface area contributed by atoms with Crippen LogP contribution in [0.2, 0.25) is 0 Å². The van der Waals surface area contributed by atoms with Crippen molar-refractivity contribution in [3.8, 4) is 0 Å². The maximum atomic E-state index is 12.0. The van der Waals surface area contributed by atoms with Crippen molar-refractivity contribution in [1.29, 1.82) is 0 Å². The largest absolute Gasteiger partial charge is 0.481 e.